The molecule has 1 aromatic heterocycles. The summed E-state index contributed by atoms with van der Waals surface area (Å²) >= 11 is 0. The number of aliphatic hydroxyl groups is 1. The molecule has 1 heterocycles. The topological polar surface area (TPSA) is 45.1 Å². The quantitative estimate of drug-likeness (QED) is 0.796. The van der Waals surface area contributed by atoms with Crippen LogP contribution in [0.5, 0.6) is 0 Å². The first-order valence-electron chi connectivity index (χ1n) is 6.30. The van der Waals surface area contributed by atoms with Crippen LogP contribution in [0, 0.1) is 12.8 Å². The van der Waals surface area contributed by atoms with E-state index in [1.807, 2.05) is 26.1 Å². The molecule has 1 rings (SSSR count). The van der Waals surface area contributed by atoms with Crippen molar-refractivity contribution >= 4 is 0 Å². The maximum absolute atomic E-state index is 10.2. The van der Waals surface area contributed by atoms with Gasteiger partial charge in [-0.15, -0.1) is 0 Å². The summed E-state index contributed by atoms with van der Waals surface area (Å²) in [5.41, 5.74) is 1.52. The smallest absolute Gasteiger partial charge is 0.0768 e. The van der Waals surface area contributed by atoms with Gasteiger partial charge in [-0.25, -0.2) is 0 Å². The molecule has 0 aliphatic heterocycles. The summed E-state index contributed by atoms with van der Waals surface area (Å²) in [5.74, 6) is 0.293. The van der Waals surface area contributed by atoms with Crippen LogP contribution in [0.2, 0.25) is 0 Å². The van der Waals surface area contributed by atoms with Gasteiger partial charge in [-0.1, -0.05) is 26.3 Å². The van der Waals surface area contributed by atoms with Crippen LogP contribution in [-0.4, -0.2) is 22.2 Å². The molecule has 2 unspecified atom stereocenters. The molecule has 0 amide bonds. The molecule has 0 aliphatic carbocycles. The minimum Gasteiger partial charge on any atom is -0.389 e. The monoisotopic (exact) mass is 236 g/mol. The zero-order chi connectivity index (χ0) is 12.9. The third-order valence-corrected chi connectivity index (χ3v) is 3.44. The summed E-state index contributed by atoms with van der Waals surface area (Å²) in [6.45, 7) is 9.38. The number of rotatable bonds is 6. The van der Waals surface area contributed by atoms with Crippen molar-refractivity contribution < 1.29 is 5.11 Å². The van der Waals surface area contributed by atoms with Gasteiger partial charge in [-0.3, -0.25) is 4.98 Å². The Morgan fingerprint density at radius 2 is 2.18 bits per heavy atom. The predicted octanol–water partition coefficient (Wildman–Crippen LogP) is 2.28. The summed E-state index contributed by atoms with van der Waals surface area (Å²) in [5, 5.41) is 13.5. The van der Waals surface area contributed by atoms with Crippen LogP contribution < -0.4 is 5.32 Å². The Balaban J connectivity index is 2.39. The van der Waals surface area contributed by atoms with E-state index in [0.29, 0.717) is 19.0 Å². The molecule has 0 aromatic carbocycles. The van der Waals surface area contributed by atoms with Crippen molar-refractivity contribution in [3.63, 3.8) is 0 Å². The maximum atomic E-state index is 10.2. The Bertz CT molecular complexity index is 333. The number of nitrogens with one attached hydrogen (secondary N) is 1. The Labute approximate surface area is 104 Å². The lowest BCUT2D eigenvalue weighted by Crippen LogP contribution is -2.42. The highest BCUT2D eigenvalue weighted by atomic mass is 16.3. The number of aryl methyl sites for hydroxylation is 1. The standard InChI is InChI=1S/C14H24N2O/c1-5-12(3)14(4,17)10-15-9-13-7-6-11(2)8-16-13/h6-8,12,15,17H,5,9-10H2,1-4H3. The van der Waals surface area contributed by atoms with Crippen molar-refractivity contribution in [3.05, 3.63) is 29.6 Å². The van der Waals surface area contributed by atoms with E-state index in [1.165, 1.54) is 5.56 Å². The third-order valence-electron chi connectivity index (χ3n) is 3.44. The van der Waals surface area contributed by atoms with Gasteiger partial charge in [0, 0.05) is 19.3 Å². The molecular formula is C14H24N2O. The molecule has 1 aromatic rings. The minimum atomic E-state index is -0.653. The lowest BCUT2D eigenvalue weighted by molar-refractivity contribution is 0.00529. The van der Waals surface area contributed by atoms with Gasteiger partial charge in [0.15, 0.2) is 0 Å². The molecule has 96 valence electrons. The normalized spacial score (nSPS) is 16.5. The first-order valence-corrected chi connectivity index (χ1v) is 6.30. The van der Waals surface area contributed by atoms with Gasteiger partial charge in [-0.05, 0) is 31.4 Å². The van der Waals surface area contributed by atoms with Gasteiger partial charge in [0.05, 0.1) is 11.3 Å². The first kappa shape index (κ1) is 14.1. The Kier molecular flexibility index (Phi) is 5.09. The van der Waals surface area contributed by atoms with E-state index in [0.717, 1.165) is 12.1 Å². The SMILES string of the molecule is CCC(C)C(C)(O)CNCc1ccc(C)cn1. The summed E-state index contributed by atoms with van der Waals surface area (Å²) in [4.78, 5) is 4.32. The second-order valence-corrected chi connectivity index (χ2v) is 5.10. The van der Waals surface area contributed by atoms with Crippen molar-refractivity contribution in [2.45, 2.75) is 46.3 Å². The highest BCUT2D eigenvalue weighted by molar-refractivity contribution is 5.11. The number of pyridine rings is 1. The molecule has 17 heavy (non-hydrogen) atoms. The van der Waals surface area contributed by atoms with Crippen LogP contribution in [0.15, 0.2) is 18.3 Å². The molecule has 0 radical (unpaired) electrons. The highest BCUT2D eigenvalue weighted by Gasteiger charge is 2.26. The van der Waals surface area contributed by atoms with E-state index in [9.17, 15) is 5.11 Å². The van der Waals surface area contributed by atoms with Crippen molar-refractivity contribution in [2.24, 2.45) is 5.92 Å². The van der Waals surface area contributed by atoms with Crippen molar-refractivity contribution in [1.82, 2.24) is 10.3 Å². The molecule has 0 fully saturated rings. The van der Waals surface area contributed by atoms with Crippen LogP contribution in [0.3, 0.4) is 0 Å². The van der Waals surface area contributed by atoms with Crippen LogP contribution in [0.1, 0.15) is 38.4 Å². The average molecular weight is 236 g/mol. The van der Waals surface area contributed by atoms with Crippen molar-refractivity contribution in [3.8, 4) is 0 Å². The van der Waals surface area contributed by atoms with Crippen LogP contribution in [0.25, 0.3) is 0 Å². The van der Waals surface area contributed by atoms with Crippen LogP contribution in [-0.2, 0) is 6.54 Å². The average Bonchev–Trinajstić information content (AvgIpc) is 2.30. The van der Waals surface area contributed by atoms with Gasteiger partial charge in [0.1, 0.15) is 0 Å². The number of hydrogen-bond acceptors (Lipinski definition) is 3. The molecule has 0 saturated carbocycles. The molecule has 0 aliphatic rings. The minimum absolute atomic E-state index is 0.293. The van der Waals surface area contributed by atoms with Crippen molar-refractivity contribution in [1.29, 1.82) is 0 Å². The summed E-state index contributed by atoms with van der Waals surface area (Å²) < 4.78 is 0. The first-order chi connectivity index (χ1) is 7.95. The fourth-order valence-corrected chi connectivity index (χ4v) is 1.66. The van der Waals surface area contributed by atoms with Gasteiger partial charge < -0.3 is 10.4 Å². The third kappa shape index (κ3) is 4.44. The molecule has 0 saturated heterocycles. The lowest BCUT2D eigenvalue weighted by Gasteiger charge is -2.29. The van der Waals surface area contributed by atoms with E-state index in [4.69, 9.17) is 0 Å². The Morgan fingerprint density at radius 3 is 2.71 bits per heavy atom. The Hall–Kier alpha value is -0.930. The molecule has 2 atom stereocenters. The lowest BCUT2D eigenvalue weighted by atomic mass is 9.89. The Morgan fingerprint density at radius 1 is 1.47 bits per heavy atom. The van der Waals surface area contributed by atoms with Crippen molar-refractivity contribution in [2.75, 3.05) is 6.54 Å². The fourth-order valence-electron chi connectivity index (χ4n) is 1.66. The van der Waals surface area contributed by atoms with Gasteiger partial charge in [-0.2, -0.15) is 0 Å². The fraction of sp³-hybridized carbons (Fsp3) is 0.643. The second-order valence-electron chi connectivity index (χ2n) is 5.10. The van der Waals surface area contributed by atoms with E-state index < -0.39 is 5.60 Å². The number of aromatic nitrogens is 1. The summed E-state index contributed by atoms with van der Waals surface area (Å²) in [7, 11) is 0. The zero-order valence-corrected chi connectivity index (χ0v) is 11.3. The summed E-state index contributed by atoms with van der Waals surface area (Å²) in [6.07, 6.45) is 2.85. The summed E-state index contributed by atoms with van der Waals surface area (Å²) in [6, 6.07) is 4.07. The van der Waals surface area contributed by atoms with Gasteiger partial charge in [0.2, 0.25) is 0 Å². The largest absolute Gasteiger partial charge is 0.389 e. The zero-order valence-electron chi connectivity index (χ0n) is 11.3. The second kappa shape index (κ2) is 6.12. The van der Waals surface area contributed by atoms with E-state index >= 15 is 0 Å². The van der Waals surface area contributed by atoms with Crippen LogP contribution >= 0.6 is 0 Å². The maximum Gasteiger partial charge on any atom is 0.0768 e. The van der Waals surface area contributed by atoms with Gasteiger partial charge in [0.25, 0.3) is 0 Å². The molecule has 2 N–H and O–H groups in total. The molecule has 0 bridgehead atoms. The molecule has 3 heteroatoms. The highest BCUT2D eigenvalue weighted by Crippen LogP contribution is 2.18. The molecule has 3 nitrogen and oxygen atoms in total. The van der Waals surface area contributed by atoms with E-state index in [2.05, 4.69) is 30.2 Å². The van der Waals surface area contributed by atoms with Crippen LogP contribution in [0.4, 0.5) is 0 Å². The number of hydrogen-bond donors (Lipinski definition) is 2. The van der Waals surface area contributed by atoms with Gasteiger partial charge >= 0.3 is 0 Å². The van der Waals surface area contributed by atoms with E-state index in [1.54, 1.807) is 0 Å². The molecule has 0 spiro atoms. The molecular weight excluding hydrogens is 212 g/mol. The van der Waals surface area contributed by atoms with E-state index in [-0.39, 0.29) is 0 Å². The number of nitrogens with zero attached hydrogens (tertiary/aromatic N) is 1. The predicted molar refractivity (Wildman–Crippen MR) is 70.8 cm³/mol.